The molecule has 0 radical (unpaired) electrons. The molecule has 0 spiro atoms. The molecule has 19 heteroatoms. The number of hydrogen-bond donors (Lipinski definition) is 4. The SMILES string of the molecule is CC(Nc1ncnc2[nH]cnc12)c1cc(Cl)c2cccnc2c1N1CCC(F)CC1.O=C(O)C(F)(F)F.O=C(O)C(F)(F)F. The first-order chi connectivity index (χ1) is 20.5. The summed E-state index contributed by atoms with van der Waals surface area (Å²) in [4.78, 5) is 40.5. The van der Waals surface area contributed by atoms with E-state index in [0.29, 0.717) is 47.9 Å². The first-order valence-electron chi connectivity index (χ1n) is 12.5. The number of piperidine rings is 1. The number of H-pyrrole nitrogens is 1. The Balaban J connectivity index is 0.000000317. The average Bonchev–Trinajstić information content (AvgIpc) is 3.43. The van der Waals surface area contributed by atoms with Crippen LogP contribution >= 0.6 is 11.6 Å². The second-order valence-corrected chi connectivity index (χ2v) is 9.56. The molecule has 4 aromatic rings. The van der Waals surface area contributed by atoms with E-state index in [1.54, 1.807) is 12.5 Å². The summed E-state index contributed by atoms with van der Waals surface area (Å²) in [5.74, 6) is -4.88. The highest BCUT2D eigenvalue weighted by atomic mass is 35.5. The molecule has 1 atom stereocenters. The lowest BCUT2D eigenvalue weighted by atomic mass is 9.99. The predicted molar refractivity (Wildman–Crippen MR) is 144 cm³/mol. The number of anilines is 2. The molecule has 238 valence electrons. The lowest BCUT2D eigenvalue weighted by molar-refractivity contribution is -0.193. The fourth-order valence-corrected chi connectivity index (χ4v) is 4.36. The van der Waals surface area contributed by atoms with Crippen LogP contribution in [0.15, 0.2) is 37.1 Å². The molecule has 0 saturated carbocycles. The van der Waals surface area contributed by atoms with Crippen molar-refractivity contribution in [3.8, 4) is 0 Å². The number of carboxylic acids is 2. The van der Waals surface area contributed by atoms with Gasteiger partial charge in [-0.1, -0.05) is 11.6 Å². The number of aromatic amines is 1. The summed E-state index contributed by atoms with van der Waals surface area (Å²) in [6.07, 6.45) is -5.03. The molecule has 5 rings (SSSR count). The number of hydrogen-bond acceptors (Lipinski definition) is 8. The highest BCUT2D eigenvalue weighted by molar-refractivity contribution is 6.36. The zero-order chi connectivity index (χ0) is 32.8. The summed E-state index contributed by atoms with van der Waals surface area (Å²) < 4.78 is 77.3. The predicted octanol–water partition coefficient (Wildman–Crippen LogP) is 5.93. The topological polar surface area (TPSA) is 157 Å². The molecule has 1 unspecified atom stereocenters. The van der Waals surface area contributed by atoms with Crippen LogP contribution in [-0.2, 0) is 9.59 Å². The Hall–Kier alpha value is -4.48. The molecule has 0 amide bonds. The molecule has 1 aliphatic heterocycles. The standard InChI is InChI=1S/C21H21ClFN7.2C2HF3O2/c1-12(29-21-18-20(26-10-25-18)27-11-28-21)15-9-16(22)14-3-2-6-24-17(14)19(15)30-7-4-13(23)5-8-30;2*3-2(4,5)1(6)7/h2-3,6,9-13H,4-5,7-8H2,1H3,(H2,25,26,27,28,29);2*(H,6,7). The molecule has 4 heterocycles. The van der Waals surface area contributed by atoms with Crippen LogP contribution in [0.5, 0.6) is 0 Å². The Labute approximate surface area is 248 Å². The molecule has 44 heavy (non-hydrogen) atoms. The van der Waals surface area contributed by atoms with Gasteiger partial charge in [-0.25, -0.2) is 28.9 Å². The number of alkyl halides is 7. The molecule has 1 aliphatic rings. The van der Waals surface area contributed by atoms with Crippen molar-refractivity contribution in [2.24, 2.45) is 0 Å². The molecule has 3 aromatic heterocycles. The van der Waals surface area contributed by atoms with Gasteiger partial charge in [0.15, 0.2) is 11.5 Å². The molecule has 1 fully saturated rings. The van der Waals surface area contributed by atoms with E-state index in [1.165, 1.54) is 6.33 Å². The fraction of sp³-hybridized carbons (Fsp3) is 0.360. The lowest BCUT2D eigenvalue weighted by Crippen LogP contribution is -2.35. The number of aliphatic carboxylic acids is 2. The molecule has 4 N–H and O–H groups in total. The zero-order valence-corrected chi connectivity index (χ0v) is 23.2. The number of aromatic nitrogens is 5. The summed E-state index contributed by atoms with van der Waals surface area (Å²) in [5.41, 5.74) is 4.16. The smallest absolute Gasteiger partial charge is 0.475 e. The molecule has 0 aliphatic carbocycles. The number of fused-ring (bicyclic) bond motifs is 2. The van der Waals surface area contributed by atoms with E-state index in [-0.39, 0.29) is 6.04 Å². The summed E-state index contributed by atoms with van der Waals surface area (Å²) in [7, 11) is 0. The average molecular weight is 654 g/mol. The van der Waals surface area contributed by atoms with Crippen molar-refractivity contribution in [2.45, 2.75) is 44.3 Å². The highest BCUT2D eigenvalue weighted by Gasteiger charge is 2.39. The third kappa shape index (κ3) is 8.55. The number of rotatable bonds is 4. The van der Waals surface area contributed by atoms with Crippen molar-refractivity contribution in [3.05, 3.63) is 47.6 Å². The van der Waals surface area contributed by atoms with E-state index in [1.807, 2.05) is 25.1 Å². The van der Waals surface area contributed by atoms with Crippen molar-refractivity contribution in [1.29, 1.82) is 0 Å². The Bertz CT molecular complexity index is 1590. The fourth-order valence-electron chi connectivity index (χ4n) is 4.09. The van der Waals surface area contributed by atoms with Crippen LogP contribution in [0.4, 0.5) is 42.2 Å². The second-order valence-electron chi connectivity index (χ2n) is 9.15. The van der Waals surface area contributed by atoms with Gasteiger partial charge in [0, 0.05) is 30.2 Å². The molecular formula is C25H23ClF7N7O4. The van der Waals surface area contributed by atoms with Crippen LogP contribution in [-0.4, -0.2) is 78.7 Å². The van der Waals surface area contributed by atoms with Crippen LogP contribution in [0.3, 0.4) is 0 Å². The monoisotopic (exact) mass is 653 g/mol. The van der Waals surface area contributed by atoms with E-state index in [0.717, 1.165) is 22.2 Å². The number of halogens is 8. The van der Waals surface area contributed by atoms with Crippen molar-refractivity contribution in [1.82, 2.24) is 24.9 Å². The Morgan fingerprint density at radius 1 is 1.02 bits per heavy atom. The van der Waals surface area contributed by atoms with Gasteiger partial charge in [0.05, 0.1) is 28.6 Å². The maximum Gasteiger partial charge on any atom is 0.490 e. The number of carboxylic acid groups (broad SMARTS) is 2. The van der Waals surface area contributed by atoms with Gasteiger partial charge in [-0.15, -0.1) is 0 Å². The number of carbonyl (C=O) groups is 2. The normalized spacial score (nSPS) is 14.7. The first-order valence-corrected chi connectivity index (χ1v) is 12.9. The lowest BCUT2D eigenvalue weighted by Gasteiger charge is -2.34. The minimum Gasteiger partial charge on any atom is -0.475 e. The molecule has 11 nitrogen and oxygen atoms in total. The molecule has 1 saturated heterocycles. The first kappa shape index (κ1) is 34.0. The number of nitrogens with one attached hydrogen (secondary N) is 2. The van der Waals surface area contributed by atoms with Gasteiger partial charge in [-0.3, -0.25) is 4.98 Å². The number of nitrogens with zero attached hydrogens (tertiary/aromatic N) is 5. The minimum absolute atomic E-state index is 0.137. The summed E-state index contributed by atoms with van der Waals surface area (Å²) in [6, 6.07) is 5.68. The summed E-state index contributed by atoms with van der Waals surface area (Å²) >= 11 is 6.63. The number of imidazole rings is 1. The van der Waals surface area contributed by atoms with Gasteiger partial charge in [0.25, 0.3) is 0 Å². The van der Waals surface area contributed by atoms with Crippen LogP contribution in [0.2, 0.25) is 5.02 Å². The number of benzene rings is 1. The van der Waals surface area contributed by atoms with Crippen molar-refractivity contribution >= 4 is 57.1 Å². The van der Waals surface area contributed by atoms with Crippen LogP contribution < -0.4 is 10.2 Å². The molecule has 0 bridgehead atoms. The molecular weight excluding hydrogens is 631 g/mol. The van der Waals surface area contributed by atoms with Gasteiger partial charge < -0.3 is 25.4 Å². The summed E-state index contributed by atoms with van der Waals surface area (Å²) in [5, 5.41) is 19.2. The van der Waals surface area contributed by atoms with Crippen LogP contribution in [0, 0.1) is 0 Å². The van der Waals surface area contributed by atoms with Crippen LogP contribution in [0.25, 0.3) is 22.1 Å². The minimum atomic E-state index is -5.08. The van der Waals surface area contributed by atoms with E-state index < -0.39 is 30.5 Å². The quantitative estimate of drug-likeness (QED) is 0.195. The summed E-state index contributed by atoms with van der Waals surface area (Å²) in [6.45, 7) is 3.34. The Kier molecular flexibility index (Phi) is 10.7. The second kappa shape index (κ2) is 13.9. The van der Waals surface area contributed by atoms with Crippen LogP contribution in [0.1, 0.15) is 31.4 Å². The van der Waals surface area contributed by atoms with E-state index in [2.05, 4.69) is 35.1 Å². The van der Waals surface area contributed by atoms with Crippen molar-refractivity contribution in [2.75, 3.05) is 23.3 Å². The highest BCUT2D eigenvalue weighted by Crippen LogP contribution is 2.40. The van der Waals surface area contributed by atoms with E-state index in [9.17, 15) is 30.7 Å². The third-order valence-corrected chi connectivity index (χ3v) is 6.42. The van der Waals surface area contributed by atoms with Gasteiger partial charge >= 0.3 is 24.3 Å². The van der Waals surface area contributed by atoms with Gasteiger partial charge in [-0.05, 0) is 38.0 Å². The third-order valence-electron chi connectivity index (χ3n) is 6.11. The maximum absolute atomic E-state index is 13.8. The van der Waals surface area contributed by atoms with Crippen molar-refractivity contribution in [3.63, 3.8) is 0 Å². The maximum atomic E-state index is 13.8. The van der Waals surface area contributed by atoms with Gasteiger partial charge in [0.2, 0.25) is 0 Å². The zero-order valence-electron chi connectivity index (χ0n) is 22.4. The van der Waals surface area contributed by atoms with E-state index >= 15 is 0 Å². The van der Waals surface area contributed by atoms with Crippen molar-refractivity contribution < 1.29 is 50.5 Å². The number of pyridine rings is 1. The Morgan fingerprint density at radius 2 is 1.61 bits per heavy atom. The largest absolute Gasteiger partial charge is 0.490 e. The van der Waals surface area contributed by atoms with Gasteiger partial charge in [0.1, 0.15) is 18.0 Å². The molecule has 1 aromatic carbocycles. The van der Waals surface area contributed by atoms with Gasteiger partial charge in [-0.2, -0.15) is 26.3 Å². The Morgan fingerprint density at radius 3 is 2.18 bits per heavy atom. The van der Waals surface area contributed by atoms with E-state index in [4.69, 9.17) is 31.4 Å².